The summed E-state index contributed by atoms with van der Waals surface area (Å²) in [6.45, 7) is 0. The Morgan fingerprint density at radius 3 is 2.55 bits per heavy atom. The Labute approximate surface area is 126 Å². The van der Waals surface area contributed by atoms with Crippen LogP contribution in [0.1, 0.15) is 12.0 Å². The van der Waals surface area contributed by atoms with Gasteiger partial charge in [0.25, 0.3) is 0 Å². The highest BCUT2D eigenvalue weighted by Crippen LogP contribution is 2.47. The molecular formula is C14H16NO6P. The molecule has 0 amide bonds. The fourth-order valence-electron chi connectivity index (χ4n) is 2.38. The standard InChI is InChI=1S/C14H16NO6P/c16-13(17)5-9(14(18)19)7-22(20,21)8-10-6-15-12-4-2-1-3-11(10)12/h1-4,6,9,15H,5,7-8H2,(H,16,17)(H,18,19)(H,20,21). The number of nitrogens with one attached hydrogen (secondary N) is 1. The fourth-order valence-corrected chi connectivity index (χ4v) is 4.28. The molecule has 2 atom stereocenters. The van der Waals surface area contributed by atoms with Crippen LogP contribution in [-0.2, 0) is 20.3 Å². The van der Waals surface area contributed by atoms with Crippen molar-refractivity contribution in [3.05, 3.63) is 36.0 Å². The maximum Gasteiger partial charge on any atom is 0.307 e. The van der Waals surface area contributed by atoms with Crippen LogP contribution in [0.5, 0.6) is 0 Å². The van der Waals surface area contributed by atoms with Crippen molar-refractivity contribution < 1.29 is 29.3 Å². The molecule has 0 fully saturated rings. The third kappa shape index (κ3) is 3.96. The number of carboxylic acid groups (broad SMARTS) is 2. The summed E-state index contributed by atoms with van der Waals surface area (Å²) in [6.07, 6.45) is 0.183. The van der Waals surface area contributed by atoms with Crippen LogP contribution in [0.25, 0.3) is 10.9 Å². The van der Waals surface area contributed by atoms with Gasteiger partial charge in [-0.2, -0.15) is 0 Å². The molecule has 0 bridgehead atoms. The number of hydrogen-bond donors (Lipinski definition) is 4. The van der Waals surface area contributed by atoms with Crippen molar-refractivity contribution in [2.75, 3.05) is 6.16 Å². The van der Waals surface area contributed by atoms with Gasteiger partial charge in [0.15, 0.2) is 0 Å². The zero-order valence-corrected chi connectivity index (χ0v) is 12.5. The van der Waals surface area contributed by atoms with Gasteiger partial charge in [0, 0.05) is 23.3 Å². The molecule has 0 spiro atoms. The smallest absolute Gasteiger partial charge is 0.307 e. The molecule has 2 unspecified atom stereocenters. The Balaban J connectivity index is 2.18. The topological polar surface area (TPSA) is 128 Å². The molecule has 0 aliphatic heterocycles. The molecule has 22 heavy (non-hydrogen) atoms. The lowest BCUT2D eigenvalue weighted by Crippen LogP contribution is -2.21. The van der Waals surface area contributed by atoms with Crippen molar-refractivity contribution in [1.82, 2.24) is 4.98 Å². The fraction of sp³-hybridized carbons (Fsp3) is 0.286. The zero-order chi connectivity index (χ0) is 16.3. The molecule has 0 radical (unpaired) electrons. The number of carbonyl (C=O) groups is 2. The summed E-state index contributed by atoms with van der Waals surface area (Å²) in [5.41, 5.74) is 1.43. The molecule has 0 saturated carbocycles. The lowest BCUT2D eigenvalue weighted by Gasteiger charge is -2.15. The van der Waals surface area contributed by atoms with Crippen LogP contribution >= 0.6 is 7.37 Å². The number of aromatic nitrogens is 1. The lowest BCUT2D eigenvalue weighted by molar-refractivity contribution is -0.147. The zero-order valence-electron chi connectivity index (χ0n) is 11.6. The molecule has 118 valence electrons. The molecule has 1 aromatic heterocycles. The summed E-state index contributed by atoms with van der Waals surface area (Å²) < 4.78 is 12.3. The summed E-state index contributed by atoms with van der Waals surface area (Å²) in [6, 6.07) is 7.25. The van der Waals surface area contributed by atoms with Crippen LogP contribution < -0.4 is 0 Å². The number of aliphatic carboxylic acids is 2. The molecule has 8 heteroatoms. The maximum absolute atomic E-state index is 12.3. The van der Waals surface area contributed by atoms with Gasteiger partial charge < -0.3 is 20.1 Å². The minimum atomic E-state index is -3.82. The number of H-pyrrole nitrogens is 1. The van der Waals surface area contributed by atoms with E-state index < -0.39 is 37.8 Å². The van der Waals surface area contributed by atoms with Crippen LogP contribution in [0.15, 0.2) is 30.5 Å². The Bertz CT molecular complexity index is 753. The molecule has 1 aromatic carbocycles. The van der Waals surface area contributed by atoms with E-state index in [4.69, 9.17) is 10.2 Å². The Morgan fingerprint density at radius 2 is 1.91 bits per heavy atom. The number of fused-ring (bicyclic) bond motifs is 1. The van der Waals surface area contributed by atoms with Gasteiger partial charge in [-0.05, 0) is 11.6 Å². The quantitative estimate of drug-likeness (QED) is 0.577. The summed E-state index contributed by atoms with van der Waals surface area (Å²) in [7, 11) is -3.82. The lowest BCUT2D eigenvalue weighted by atomic mass is 10.1. The summed E-state index contributed by atoms with van der Waals surface area (Å²) >= 11 is 0. The number of benzene rings is 1. The predicted octanol–water partition coefficient (Wildman–Crippen LogP) is 2.11. The minimum Gasteiger partial charge on any atom is -0.481 e. The monoisotopic (exact) mass is 325 g/mol. The van der Waals surface area contributed by atoms with E-state index in [-0.39, 0.29) is 6.16 Å². The van der Waals surface area contributed by atoms with E-state index in [1.807, 2.05) is 12.1 Å². The highest BCUT2D eigenvalue weighted by Gasteiger charge is 2.31. The first-order valence-corrected chi connectivity index (χ1v) is 8.62. The maximum atomic E-state index is 12.3. The van der Waals surface area contributed by atoms with E-state index in [9.17, 15) is 19.0 Å². The Morgan fingerprint density at radius 1 is 1.23 bits per heavy atom. The molecule has 0 aliphatic rings. The first kappa shape index (κ1) is 16.3. The molecule has 1 heterocycles. The number of rotatable bonds is 7. The van der Waals surface area contributed by atoms with Crippen molar-refractivity contribution in [3.8, 4) is 0 Å². The first-order chi connectivity index (χ1) is 10.3. The van der Waals surface area contributed by atoms with Gasteiger partial charge in [-0.3, -0.25) is 14.2 Å². The van der Waals surface area contributed by atoms with Crippen LogP contribution in [-0.4, -0.2) is 38.2 Å². The Hall–Kier alpha value is -2.11. The van der Waals surface area contributed by atoms with E-state index in [1.165, 1.54) is 0 Å². The SMILES string of the molecule is O=C(O)CC(CP(=O)(O)Cc1c[nH]c2ccccc12)C(=O)O. The third-order valence-corrected chi connectivity index (χ3v) is 5.21. The normalized spacial score (nSPS) is 15.3. The van der Waals surface area contributed by atoms with Gasteiger partial charge in [-0.25, -0.2) is 0 Å². The number of hydrogen-bond acceptors (Lipinski definition) is 3. The van der Waals surface area contributed by atoms with Gasteiger partial charge in [0.05, 0.1) is 18.5 Å². The van der Waals surface area contributed by atoms with Crippen LogP contribution in [0, 0.1) is 5.92 Å². The summed E-state index contributed by atoms with van der Waals surface area (Å²) in [4.78, 5) is 34.7. The van der Waals surface area contributed by atoms with Crippen LogP contribution in [0.2, 0.25) is 0 Å². The molecule has 0 aliphatic carbocycles. The molecular weight excluding hydrogens is 309 g/mol. The van der Waals surface area contributed by atoms with Crippen LogP contribution in [0.3, 0.4) is 0 Å². The van der Waals surface area contributed by atoms with Crippen molar-refractivity contribution in [2.45, 2.75) is 12.6 Å². The first-order valence-electron chi connectivity index (χ1n) is 6.59. The molecule has 2 rings (SSSR count). The molecule has 4 N–H and O–H groups in total. The number of aromatic amines is 1. The third-order valence-electron chi connectivity index (χ3n) is 3.37. The van der Waals surface area contributed by atoms with Gasteiger partial charge in [0.2, 0.25) is 7.37 Å². The van der Waals surface area contributed by atoms with E-state index in [0.29, 0.717) is 5.56 Å². The molecule has 2 aromatic rings. The second kappa shape index (κ2) is 6.34. The van der Waals surface area contributed by atoms with Gasteiger partial charge in [-0.15, -0.1) is 0 Å². The van der Waals surface area contributed by atoms with Gasteiger partial charge >= 0.3 is 11.9 Å². The molecule has 7 nitrogen and oxygen atoms in total. The minimum absolute atomic E-state index is 0.194. The van der Waals surface area contributed by atoms with Gasteiger partial charge in [-0.1, -0.05) is 18.2 Å². The number of para-hydroxylation sites is 1. The predicted molar refractivity (Wildman–Crippen MR) is 80.1 cm³/mol. The largest absolute Gasteiger partial charge is 0.481 e. The highest BCUT2D eigenvalue weighted by molar-refractivity contribution is 7.57. The second-order valence-electron chi connectivity index (χ2n) is 5.18. The van der Waals surface area contributed by atoms with E-state index in [2.05, 4.69) is 4.98 Å². The summed E-state index contributed by atoms with van der Waals surface area (Å²) in [5.74, 6) is -4.06. The average Bonchev–Trinajstić information content (AvgIpc) is 2.80. The van der Waals surface area contributed by atoms with Gasteiger partial charge in [0.1, 0.15) is 0 Å². The summed E-state index contributed by atoms with van der Waals surface area (Å²) in [5, 5.41) is 18.5. The highest BCUT2D eigenvalue weighted by atomic mass is 31.2. The van der Waals surface area contributed by atoms with Crippen molar-refractivity contribution in [1.29, 1.82) is 0 Å². The van der Waals surface area contributed by atoms with E-state index >= 15 is 0 Å². The van der Waals surface area contributed by atoms with Crippen molar-refractivity contribution in [2.24, 2.45) is 5.92 Å². The molecule has 0 saturated heterocycles. The van der Waals surface area contributed by atoms with Crippen molar-refractivity contribution in [3.63, 3.8) is 0 Å². The Kier molecular flexibility index (Phi) is 4.68. The average molecular weight is 325 g/mol. The van der Waals surface area contributed by atoms with Crippen molar-refractivity contribution >= 4 is 30.2 Å². The second-order valence-corrected chi connectivity index (χ2v) is 7.55. The van der Waals surface area contributed by atoms with E-state index in [1.54, 1.807) is 18.3 Å². The number of carboxylic acids is 2. The van der Waals surface area contributed by atoms with Crippen LogP contribution in [0.4, 0.5) is 0 Å². The van der Waals surface area contributed by atoms with E-state index in [0.717, 1.165) is 10.9 Å².